The second-order valence-electron chi connectivity index (χ2n) is 11.1. The Balaban J connectivity index is 1.50. The van der Waals surface area contributed by atoms with Gasteiger partial charge in [0.05, 0.1) is 22.4 Å². The summed E-state index contributed by atoms with van der Waals surface area (Å²) < 4.78 is 87.2. The third kappa shape index (κ3) is 10.3. The molecule has 0 aliphatic carbocycles. The number of hydrogen-bond acceptors (Lipinski definition) is 6. The fourth-order valence-corrected chi connectivity index (χ4v) is 5.33. The third-order valence-electron chi connectivity index (χ3n) is 7.84. The highest BCUT2D eigenvalue weighted by molar-refractivity contribution is 6.32. The van der Waals surface area contributed by atoms with Crippen LogP contribution in [-0.2, 0) is 18.9 Å². The SMILES string of the molecule is CCN(CC)CCN(CCOc1ccc(/C=N/NC(=O)c2ccc(O)c(Cl)c2)c2ccccc12)Cc1cc(C(F)(F)F)cc(C(F)(F)F)c1. The summed E-state index contributed by atoms with van der Waals surface area (Å²) in [5.74, 6) is -0.177. The molecule has 1 amide bonds. The Morgan fingerprint density at radius 2 is 1.49 bits per heavy atom. The molecule has 2 N–H and O–H groups in total. The number of fused-ring (bicyclic) bond motifs is 1. The van der Waals surface area contributed by atoms with Gasteiger partial charge in [0.1, 0.15) is 18.1 Å². The van der Waals surface area contributed by atoms with Crippen LogP contribution in [0.25, 0.3) is 10.8 Å². The quantitative estimate of drug-likeness (QED) is 0.0785. The number of alkyl halides is 6. The number of aromatic hydroxyl groups is 1. The van der Waals surface area contributed by atoms with Crippen LogP contribution in [0.4, 0.5) is 26.3 Å². The van der Waals surface area contributed by atoms with E-state index in [4.69, 9.17) is 16.3 Å². The zero-order valence-electron chi connectivity index (χ0n) is 26.7. The van der Waals surface area contributed by atoms with E-state index in [0.717, 1.165) is 36.0 Å². The monoisotopic (exact) mass is 708 g/mol. The van der Waals surface area contributed by atoms with Crippen LogP contribution in [0.3, 0.4) is 0 Å². The molecule has 0 aromatic heterocycles. The number of likely N-dealkylation sites (N-methyl/N-ethyl adjacent to an activating group) is 1. The number of amides is 1. The van der Waals surface area contributed by atoms with Gasteiger partial charge < -0.3 is 14.7 Å². The van der Waals surface area contributed by atoms with Gasteiger partial charge in [-0.3, -0.25) is 9.69 Å². The molecule has 0 bridgehead atoms. The number of halogens is 7. The number of phenols is 1. The first-order valence-corrected chi connectivity index (χ1v) is 15.8. The molecule has 0 atom stereocenters. The van der Waals surface area contributed by atoms with Gasteiger partial charge in [-0.25, -0.2) is 5.43 Å². The van der Waals surface area contributed by atoms with Crippen molar-refractivity contribution in [1.82, 2.24) is 15.2 Å². The summed E-state index contributed by atoms with van der Waals surface area (Å²) in [6.07, 6.45) is -8.41. The summed E-state index contributed by atoms with van der Waals surface area (Å²) in [6.45, 7) is 6.55. The van der Waals surface area contributed by atoms with Crippen LogP contribution >= 0.6 is 11.6 Å². The highest BCUT2D eigenvalue weighted by atomic mass is 35.5. The van der Waals surface area contributed by atoms with Crippen molar-refractivity contribution in [3.05, 3.63) is 106 Å². The molecule has 4 rings (SSSR count). The van der Waals surface area contributed by atoms with E-state index in [2.05, 4.69) is 15.4 Å². The molecular weight excluding hydrogens is 674 g/mol. The Labute approximate surface area is 284 Å². The van der Waals surface area contributed by atoms with Crippen LogP contribution < -0.4 is 10.2 Å². The molecule has 0 spiro atoms. The van der Waals surface area contributed by atoms with Crippen molar-refractivity contribution in [2.75, 3.05) is 39.3 Å². The van der Waals surface area contributed by atoms with Crippen molar-refractivity contribution in [3.63, 3.8) is 0 Å². The second-order valence-corrected chi connectivity index (χ2v) is 11.5. The van der Waals surface area contributed by atoms with E-state index in [1.54, 1.807) is 17.0 Å². The lowest BCUT2D eigenvalue weighted by molar-refractivity contribution is -0.143. The molecule has 7 nitrogen and oxygen atoms in total. The number of hydrogen-bond donors (Lipinski definition) is 2. The maximum atomic E-state index is 13.5. The number of carbonyl (C=O) groups excluding carboxylic acids is 1. The van der Waals surface area contributed by atoms with E-state index in [-0.39, 0.29) is 47.7 Å². The van der Waals surface area contributed by atoms with Crippen molar-refractivity contribution in [2.24, 2.45) is 5.10 Å². The average Bonchev–Trinajstić information content (AvgIpc) is 3.06. The van der Waals surface area contributed by atoms with Crippen molar-refractivity contribution in [2.45, 2.75) is 32.7 Å². The predicted molar refractivity (Wildman–Crippen MR) is 177 cm³/mol. The minimum atomic E-state index is -4.93. The van der Waals surface area contributed by atoms with E-state index in [9.17, 15) is 36.2 Å². The van der Waals surface area contributed by atoms with Gasteiger partial charge in [-0.05, 0) is 72.6 Å². The molecule has 0 fully saturated rings. The first kappa shape index (κ1) is 37.5. The largest absolute Gasteiger partial charge is 0.506 e. The highest BCUT2D eigenvalue weighted by Crippen LogP contribution is 2.36. The number of nitrogens with one attached hydrogen (secondary N) is 1. The summed E-state index contributed by atoms with van der Waals surface area (Å²) in [5, 5.41) is 15.1. The van der Waals surface area contributed by atoms with E-state index < -0.39 is 29.4 Å². The van der Waals surface area contributed by atoms with Crippen LogP contribution in [0.5, 0.6) is 11.5 Å². The van der Waals surface area contributed by atoms with Crippen molar-refractivity contribution >= 4 is 34.5 Å². The number of hydrazone groups is 1. The molecule has 49 heavy (non-hydrogen) atoms. The first-order chi connectivity index (χ1) is 23.2. The second kappa shape index (κ2) is 16.4. The molecule has 4 aromatic rings. The molecule has 0 aliphatic heterocycles. The van der Waals surface area contributed by atoms with Crippen molar-refractivity contribution in [3.8, 4) is 11.5 Å². The highest BCUT2D eigenvalue weighted by Gasteiger charge is 2.37. The van der Waals surface area contributed by atoms with Crippen LogP contribution in [-0.4, -0.2) is 66.4 Å². The lowest BCUT2D eigenvalue weighted by Gasteiger charge is -2.27. The number of ether oxygens (including phenoxy) is 1. The molecule has 14 heteroatoms. The normalized spacial score (nSPS) is 12.4. The van der Waals surface area contributed by atoms with E-state index in [0.29, 0.717) is 24.4 Å². The van der Waals surface area contributed by atoms with E-state index >= 15 is 0 Å². The summed E-state index contributed by atoms with van der Waals surface area (Å²) in [5.41, 5.74) is 0.483. The number of benzene rings is 4. The summed E-state index contributed by atoms with van der Waals surface area (Å²) >= 11 is 5.88. The summed E-state index contributed by atoms with van der Waals surface area (Å²) in [6, 6.07) is 16.4. The van der Waals surface area contributed by atoms with Crippen LogP contribution in [0, 0.1) is 0 Å². The molecule has 0 aliphatic rings. The minimum absolute atomic E-state index is 0.0245. The van der Waals surface area contributed by atoms with Gasteiger partial charge in [0.25, 0.3) is 5.91 Å². The molecule has 0 radical (unpaired) electrons. The summed E-state index contributed by atoms with van der Waals surface area (Å²) in [4.78, 5) is 16.3. The maximum absolute atomic E-state index is 13.5. The Bertz CT molecular complexity index is 1740. The molecule has 0 saturated heterocycles. The maximum Gasteiger partial charge on any atom is 0.416 e. The van der Waals surface area contributed by atoms with Crippen LogP contribution in [0.15, 0.2) is 77.9 Å². The zero-order valence-corrected chi connectivity index (χ0v) is 27.5. The molecular formula is C35H35ClF6N4O3. The van der Waals surface area contributed by atoms with Crippen molar-refractivity contribution < 1.29 is 41.0 Å². The van der Waals surface area contributed by atoms with Crippen LogP contribution in [0.1, 0.15) is 46.5 Å². The van der Waals surface area contributed by atoms with Gasteiger partial charge in [-0.15, -0.1) is 0 Å². The van der Waals surface area contributed by atoms with Gasteiger partial charge >= 0.3 is 12.4 Å². The van der Waals surface area contributed by atoms with Crippen molar-refractivity contribution in [1.29, 1.82) is 0 Å². The van der Waals surface area contributed by atoms with Gasteiger partial charge in [-0.1, -0.05) is 49.7 Å². The lowest BCUT2D eigenvalue weighted by Crippen LogP contribution is -2.37. The number of nitrogens with zero attached hydrogens (tertiary/aromatic N) is 3. The Morgan fingerprint density at radius 1 is 0.857 bits per heavy atom. The van der Waals surface area contributed by atoms with Gasteiger partial charge in [-0.2, -0.15) is 31.4 Å². The number of phenolic OH excluding ortho intramolecular Hbond substituents is 1. The van der Waals surface area contributed by atoms with Gasteiger partial charge in [0.2, 0.25) is 0 Å². The fraction of sp³-hybridized carbons (Fsp3) is 0.314. The Morgan fingerprint density at radius 3 is 2.10 bits per heavy atom. The molecule has 0 heterocycles. The topological polar surface area (TPSA) is 77.4 Å². The van der Waals surface area contributed by atoms with E-state index in [1.165, 1.54) is 24.4 Å². The zero-order chi connectivity index (χ0) is 35.8. The lowest BCUT2D eigenvalue weighted by atomic mass is 10.0. The minimum Gasteiger partial charge on any atom is -0.506 e. The average molecular weight is 709 g/mol. The molecule has 262 valence electrons. The molecule has 4 aromatic carbocycles. The molecule has 0 unspecified atom stereocenters. The summed E-state index contributed by atoms with van der Waals surface area (Å²) in [7, 11) is 0. The van der Waals surface area contributed by atoms with Crippen LogP contribution in [0.2, 0.25) is 5.02 Å². The van der Waals surface area contributed by atoms with E-state index in [1.807, 2.05) is 38.1 Å². The number of carbonyl (C=O) groups is 1. The Kier molecular flexibility index (Phi) is 12.5. The van der Waals surface area contributed by atoms with Gasteiger partial charge in [0.15, 0.2) is 0 Å². The number of rotatable bonds is 14. The molecule has 0 saturated carbocycles. The third-order valence-corrected chi connectivity index (χ3v) is 8.15. The fourth-order valence-electron chi connectivity index (χ4n) is 5.15. The first-order valence-electron chi connectivity index (χ1n) is 15.4. The smallest absolute Gasteiger partial charge is 0.416 e. The predicted octanol–water partition coefficient (Wildman–Crippen LogP) is 8.22. The standard InChI is InChI=1S/C35H35ClF6N4O3/c1-3-45(4-2)13-14-46(22-23-17-26(34(37,38)39)20-27(18-23)35(40,41)42)15-16-49-32-12-10-25(28-7-5-6-8-29(28)32)21-43-44-33(48)24-9-11-31(47)30(36)19-24/h5-12,17-21,47H,3-4,13-16,22H2,1-2H3,(H,44,48)/b43-21+. The van der Waals surface area contributed by atoms with Gasteiger partial charge in [0, 0.05) is 42.7 Å². The Hall–Kier alpha value is -4.33.